The third kappa shape index (κ3) is 56.6. The van der Waals surface area contributed by atoms with Crippen LogP contribution in [0.2, 0.25) is 0 Å². The van der Waals surface area contributed by atoms with Crippen LogP contribution in [0, 0.1) is 0 Å². The van der Waals surface area contributed by atoms with Gasteiger partial charge < -0.3 is 14.2 Å². The maximum absolute atomic E-state index is 12.8. The molecule has 0 saturated carbocycles. The lowest BCUT2D eigenvalue weighted by atomic mass is 10.0. The van der Waals surface area contributed by atoms with E-state index in [1.807, 2.05) is 6.08 Å². The summed E-state index contributed by atoms with van der Waals surface area (Å²) in [5, 5.41) is 0. The highest BCUT2D eigenvalue weighted by Crippen LogP contribution is 2.15. The van der Waals surface area contributed by atoms with Gasteiger partial charge in [0.1, 0.15) is 13.2 Å². The van der Waals surface area contributed by atoms with Crippen molar-refractivity contribution in [3.05, 3.63) is 122 Å². The molecule has 0 unspecified atom stereocenters. The lowest BCUT2D eigenvalue weighted by Gasteiger charge is -2.18. The molecule has 0 fully saturated rings. The third-order valence-electron chi connectivity index (χ3n) is 12.0. The van der Waals surface area contributed by atoms with E-state index in [0.717, 1.165) is 103 Å². The minimum Gasteiger partial charge on any atom is -0.462 e. The molecule has 1 atom stereocenters. The minimum atomic E-state index is -0.834. The molecule has 0 aliphatic rings. The van der Waals surface area contributed by atoms with Gasteiger partial charge in [-0.15, -0.1) is 0 Å². The van der Waals surface area contributed by atoms with Crippen LogP contribution in [0.1, 0.15) is 252 Å². The van der Waals surface area contributed by atoms with Crippen molar-refractivity contribution in [2.45, 2.75) is 258 Å². The first-order chi connectivity index (χ1) is 35.0. The molecule has 6 nitrogen and oxygen atoms in total. The molecule has 0 aliphatic carbocycles. The van der Waals surface area contributed by atoms with Crippen LogP contribution in [-0.4, -0.2) is 37.2 Å². The number of unbranched alkanes of at least 4 members (excludes halogenated alkanes) is 20. The Kier molecular flexibility index (Phi) is 54.9. The van der Waals surface area contributed by atoms with E-state index < -0.39 is 12.1 Å². The average Bonchev–Trinajstić information content (AvgIpc) is 3.37. The molecule has 71 heavy (non-hydrogen) atoms. The second-order valence-corrected chi connectivity index (χ2v) is 18.8. The molecule has 402 valence electrons. The Labute approximate surface area is 437 Å². The molecule has 0 amide bonds. The van der Waals surface area contributed by atoms with Crippen LogP contribution >= 0.6 is 0 Å². The SMILES string of the molecule is CC/C=C\C/C=C\C/C=C\C/C=C\C/C=C\CCCCCC(=O)OC[C@H](COC(=O)CCCCCCCCCCCCCCCCC)OC(=O)CC/C=C\C/C=C\C/C=C\C/C=C\C/C=C\CCCCC. The van der Waals surface area contributed by atoms with Crippen LogP contribution in [0.25, 0.3) is 0 Å². The monoisotopic (exact) mass is 983 g/mol. The predicted molar refractivity (Wildman–Crippen MR) is 306 cm³/mol. The van der Waals surface area contributed by atoms with Gasteiger partial charge >= 0.3 is 17.9 Å². The fourth-order valence-electron chi connectivity index (χ4n) is 7.63. The van der Waals surface area contributed by atoms with Crippen molar-refractivity contribution in [1.29, 1.82) is 0 Å². The standard InChI is InChI=1S/C65H106O6/c1-4-7-10-13-16-19-22-25-28-30-32-34-37-40-43-46-49-52-55-58-64(67)70-61-62(60-69-63(66)57-54-51-48-45-42-39-36-27-24-21-18-15-12-9-6-3)71-65(68)59-56-53-50-47-44-41-38-35-33-31-29-26-23-20-17-14-11-8-5-2/h7,10,16-17,19-20,25-26,28-29,32-35,40-41,43-44,50,53,62H,4-6,8-9,11-15,18,21-24,27,30-31,36-39,42,45-49,51-52,54-61H2,1-3H3/b10-7-,19-16-,20-17-,28-25-,29-26-,34-32-,35-33-,43-40-,44-41-,53-50-/t62-/m0/s1. The van der Waals surface area contributed by atoms with E-state index in [2.05, 4.69) is 136 Å². The number of esters is 3. The van der Waals surface area contributed by atoms with Gasteiger partial charge in [-0.2, -0.15) is 0 Å². The molecule has 0 N–H and O–H groups in total. The van der Waals surface area contributed by atoms with E-state index in [9.17, 15) is 14.4 Å². The van der Waals surface area contributed by atoms with E-state index >= 15 is 0 Å². The van der Waals surface area contributed by atoms with Crippen molar-refractivity contribution in [2.24, 2.45) is 0 Å². The Morgan fingerprint density at radius 1 is 0.296 bits per heavy atom. The second-order valence-electron chi connectivity index (χ2n) is 18.8. The van der Waals surface area contributed by atoms with Crippen LogP contribution in [0.5, 0.6) is 0 Å². The van der Waals surface area contributed by atoms with Gasteiger partial charge in [-0.25, -0.2) is 0 Å². The number of allylic oxidation sites excluding steroid dienone is 20. The summed E-state index contributed by atoms with van der Waals surface area (Å²) in [6.07, 6.45) is 80.5. The summed E-state index contributed by atoms with van der Waals surface area (Å²) in [4.78, 5) is 38.1. The Morgan fingerprint density at radius 3 is 0.944 bits per heavy atom. The number of ether oxygens (including phenoxy) is 3. The first-order valence-electron chi connectivity index (χ1n) is 29.0. The summed E-state index contributed by atoms with van der Waals surface area (Å²) < 4.78 is 16.8. The molecular formula is C65H106O6. The third-order valence-corrected chi connectivity index (χ3v) is 12.0. The molecule has 6 heteroatoms. The van der Waals surface area contributed by atoms with Gasteiger partial charge in [-0.05, 0) is 103 Å². The number of hydrogen-bond donors (Lipinski definition) is 0. The molecule has 0 spiro atoms. The maximum Gasteiger partial charge on any atom is 0.306 e. The van der Waals surface area contributed by atoms with Crippen molar-refractivity contribution in [2.75, 3.05) is 13.2 Å². The van der Waals surface area contributed by atoms with Gasteiger partial charge in [0.25, 0.3) is 0 Å². The van der Waals surface area contributed by atoms with Crippen molar-refractivity contribution >= 4 is 17.9 Å². The predicted octanol–water partition coefficient (Wildman–Crippen LogP) is 19.6. The summed E-state index contributed by atoms with van der Waals surface area (Å²) in [6, 6.07) is 0. The molecule has 0 saturated heterocycles. The van der Waals surface area contributed by atoms with Gasteiger partial charge in [0.15, 0.2) is 6.10 Å². The molecule has 0 radical (unpaired) electrons. The average molecular weight is 984 g/mol. The van der Waals surface area contributed by atoms with Crippen molar-refractivity contribution < 1.29 is 28.6 Å². The fourth-order valence-corrected chi connectivity index (χ4v) is 7.63. The molecule has 0 aromatic heterocycles. The van der Waals surface area contributed by atoms with Crippen LogP contribution in [-0.2, 0) is 28.6 Å². The molecule has 0 rings (SSSR count). The summed E-state index contributed by atoms with van der Waals surface area (Å²) >= 11 is 0. The fraction of sp³-hybridized carbons (Fsp3) is 0.646. The normalized spacial score (nSPS) is 13.0. The zero-order chi connectivity index (χ0) is 51.4. The van der Waals surface area contributed by atoms with Gasteiger partial charge in [0, 0.05) is 19.3 Å². The molecule has 0 aromatic carbocycles. The van der Waals surface area contributed by atoms with E-state index in [0.29, 0.717) is 19.3 Å². The molecule has 0 aromatic rings. The Bertz CT molecular complexity index is 1500. The van der Waals surface area contributed by atoms with E-state index in [-0.39, 0.29) is 31.6 Å². The summed E-state index contributed by atoms with van der Waals surface area (Å²) in [7, 11) is 0. The lowest BCUT2D eigenvalue weighted by Crippen LogP contribution is -2.30. The Hall–Kier alpha value is -4.19. The van der Waals surface area contributed by atoms with Crippen molar-refractivity contribution in [3.63, 3.8) is 0 Å². The first-order valence-corrected chi connectivity index (χ1v) is 29.0. The highest BCUT2D eigenvalue weighted by Gasteiger charge is 2.19. The van der Waals surface area contributed by atoms with E-state index in [1.165, 1.54) is 103 Å². The van der Waals surface area contributed by atoms with Crippen molar-refractivity contribution in [3.8, 4) is 0 Å². The second kappa shape index (κ2) is 58.4. The molecular weight excluding hydrogens is 877 g/mol. The molecule has 0 aliphatic heterocycles. The van der Waals surface area contributed by atoms with Gasteiger partial charge in [-0.1, -0.05) is 251 Å². The van der Waals surface area contributed by atoms with Crippen LogP contribution in [0.4, 0.5) is 0 Å². The minimum absolute atomic E-state index is 0.119. The van der Waals surface area contributed by atoms with Crippen molar-refractivity contribution in [1.82, 2.24) is 0 Å². The topological polar surface area (TPSA) is 78.9 Å². The summed E-state index contributed by atoms with van der Waals surface area (Å²) in [6.45, 7) is 6.41. The Morgan fingerprint density at radius 2 is 0.577 bits per heavy atom. The quantitative estimate of drug-likeness (QED) is 0.0261. The maximum atomic E-state index is 12.8. The van der Waals surface area contributed by atoms with Crippen LogP contribution < -0.4 is 0 Å². The zero-order valence-corrected chi connectivity index (χ0v) is 45.9. The van der Waals surface area contributed by atoms with E-state index in [1.54, 1.807) is 0 Å². The summed E-state index contributed by atoms with van der Waals surface area (Å²) in [5.74, 6) is -1.04. The van der Waals surface area contributed by atoms with Crippen LogP contribution in [0.15, 0.2) is 122 Å². The van der Waals surface area contributed by atoms with Gasteiger partial charge in [-0.3, -0.25) is 14.4 Å². The largest absolute Gasteiger partial charge is 0.462 e. The first kappa shape index (κ1) is 66.8. The Balaban J connectivity index is 4.57. The number of carbonyl (C=O) groups is 3. The number of carbonyl (C=O) groups excluding carboxylic acids is 3. The zero-order valence-electron chi connectivity index (χ0n) is 45.9. The highest BCUT2D eigenvalue weighted by molar-refractivity contribution is 5.71. The molecule has 0 heterocycles. The highest BCUT2D eigenvalue weighted by atomic mass is 16.6. The van der Waals surface area contributed by atoms with Crippen LogP contribution in [0.3, 0.4) is 0 Å². The summed E-state index contributed by atoms with van der Waals surface area (Å²) in [5.41, 5.74) is 0. The molecule has 0 bridgehead atoms. The van der Waals surface area contributed by atoms with E-state index in [4.69, 9.17) is 14.2 Å². The van der Waals surface area contributed by atoms with Gasteiger partial charge in [0.2, 0.25) is 0 Å². The number of hydrogen-bond acceptors (Lipinski definition) is 6. The number of rotatable bonds is 51. The smallest absolute Gasteiger partial charge is 0.306 e. The lowest BCUT2D eigenvalue weighted by molar-refractivity contribution is -0.166. The van der Waals surface area contributed by atoms with Gasteiger partial charge in [0.05, 0.1) is 0 Å².